The molecule has 0 saturated heterocycles. The predicted octanol–water partition coefficient (Wildman–Crippen LogP) is 3.01. The van der Waals surface area contributed by atoms with Crippen molar-refractivity contribution in [3.05, 3.63) is 46.3 Å². The van der Waals surface area contributed by atoms with Crippen LogP contribution in [-0.2, 0) is 18.0 Å². The molecule has 2 aromatic rings. The van der Waals surface area contributed by atoms with Crippen molar-refractivity contribution >= 4 is 21.7 Å². The van der Waals surface area contributed by atoms with Crippen molar-refractivity contribution in [3.8, 4) is 5.75 Å². The van der Waals surface area contributed by atoms with Crippen LogP contribution in [0.3, 0.4) is 0 Å². The van der Waals surface area contributed by atoms with Crippen LogP contribution < -0.4 is 10.1 Å². The number of anilines is 1. The number of nitrogens with zero attached hydrogens (tertiary/aromatic N) is 2. The van der Waals surface area contributed by atoms with Crippen molar-refractivity contribution in [2.75, 3.05) is 19.5 Å². The normalized spacial score (nSPS) is 10.3. The first-order valence-electron chi connectivity index (χ1n) is 6.14. The van der Waals surface area contributed by atoms with Gasteiger partial charge < -0.3 is 14.8 Å². The molecule has 1 heterocycles. The highest BCUT2D eigenvalue weighted by Crippen LogP contribution is 2.24. The lowest BCUT2D eigenvalue weighted by Gasteiger charge is -2.11. The molecule has 20 heavy (non-hydrogen) atoms. The van der Waals surface area contributed by atoms with Gasteiger partial charge in [-0.1, -0.05) is 18.2 Å². The van der Waals surface area contributed by atoms with Gasteiger partial charge in [-0.05, 0) is 28.1 Å². The summed E-state index contributed by atoms with van der Waals surface area (Å²) in [6, 6.07) is 9.58. The summed E-state index contributed by atoms with van der Waals surface area (Å²) in [7, 11) is 3.44. The molecule has 1 aromatic heterocycles. The molecule has 0 saturated carbocycles. The number of benzene rings is 1. The topological polar surface area (TPSA) is 56.3 Å². The van der Waals surface area contributed by atoms with Gasteiger partial charge in [0.2, 0.25) is 0 Å². The largest absolute Gasteiger partial charge is 0.486 e. The van der Waals surface area contributed by atoms with Crippen molar-refractivity contribution in [1.82, 2.24) is 9.97 Å². The summed E-state index contributed by atoms with van der Waals surface area (Å²) in [5.74, 6) is 2.12. The first-order valence-corrected chi connectivity index (χ1v) is 6.93. The van der Waals surface area contributed by atoms with Gasteiger partial charge in [0, 0.05) is 14.2 Å². The lowest BCUT2D eigenvalue weighted by Crippen LogP contribution is -2.09. The molecule has 0 aliphatic carbocycles. The van der Waals surface area contributed by atoms with Gasteiger partial charge in [-0.2, -0.15) is 0 Å². The Hall–Kier alpha value is -1.66. The van der Waals surface area contributed by atoms with Gasteiger partial charge in [-0.15, -0.1) is 0 Å². The highest BCUT2D eigenvalue weighted by Gasteiger charge is 2.11. The summed E-state index contributed by atoms with van der Waals surface area (Å²) < 4.78 is 11.6. The van der Waals surface area contributed by atoms with Gasteiger partial charge in [0.05, 0.1) is 16.8 Å². The molecule has 0 spiro atoms. The fourth-order valence-electron chi connectivity index (χ4n) is 1.67. The molecule has 0 amide bonds. The van der Waals surface area contributed by atoms with Crippen LogP contribution in [0.2, 0.25) is 0 Å². The second-order valence-electron chi connectivity index (χ2n) is 4.03. The third kappa shape index (κ3) is 3.68. The first kappa shape index (κ1) is 14.7. The molecule has 2 rings (SSSR count). The van der Waals surface area contributed by atoms with Crippen molar-refractivity contribution in [3.63, 3.8) is 0 Å². The standard InChI is InChI=1S/C14H16BrN3O2/c1-16-14-13(15)11(8-19-2)17-12(18-14)9-20-10-6-4-3-5-7-10/h3-7H,8-9H2,1-2H3,(H,16,17,18). The van der Waals surface area contributed by atoms with Crippen LogP contribution in [0.25, 0.3) is 0 Å². The van der Waals surface area contributed by atoms with Crippen LogP contribution in [0.5, 0.6) is 5.75 Å². The lowest BCUT2D eigenvalue weighted by molar-refractivity contribution is 0.180. The molecule has 5 nitrogen and oxygen atoms in total. The van der Waals surface area contributed by atoms with Gasteiger partial charge in [-0.3, -0.25) is 0 Å². The van der Waals surface area contributed by atoms with Crippen molar-refractivity contribution in [2.45, 2.75) is 13.2 Å². The average molecular weight is 338 g/mol. The molecule has 6 heteroatoms. The molecule has 1 aromatic carbocycles. The molecule has 0 bridgehead atoms. The average Bonchev–Trinajstić information content (AvgIpc) is 2.49. The Balaban J connectivity index is 2.16. The Morgan fingerprint density at radius 1 is 1.15 bits per heavy atom. The minimum atomic E-state index is 0.308. The number of halogens is 1. The van der Waals surface area contributed by atoms with E-state index in [1.54, 1.807) is 7.11 Å². The van der Waals surface area contributed by atoms with Gasteiger partial charge in [0.1, 0.15) is 18.2 Å². The molecule has 0 radical (unpaired) electrons. The summed E-state index contributed by atoms with van der Waals surface area (Å²) in [5, 5.41) is 3.02. The van der Waals surface area contributed by atoms with E-state index in [2.05, 4.69) is 31.2 Å². The van der Waals surface area contributed by atoms with E-state index in [4.69, 9.17) is 9.47 Å². The third-order valence-corrected chi connectivity index (χ3v) is 3.43. The molecular formula is C14H16BrN3O2. The fourth-order valence-corrected chi connectivity index (χ4v) is 2.16. The number of aromatic nitrogens is 2. The zero-order chi connectivity index (χ0) is 14.4. The number of rotatable bonds is 6. The summed E-state index contributed by atoms with van der Waals surface area (Å²) in [6.07, 6.45) is 0. The molecule has 0 aliphatic heterocycles. The summed E-state index contributed by atoms with van der Waals surface area (Å²) in [6.45, 7) is 0.721. The first-order chi connectivity index (χ1) is 9.74. The maximum atomic E-state index is 5.66. The second kappa shape index (κ2) is 7.21. The van der Waals surface area contributed by atoms with E-state index in [1.807, 2.05) is 37.4 Å². The van der Waals surface area contributed by atoms with Crippen molar-refractivity contribution < 1.29 is 9.47 Å². The summed E-state index contributed by atoms with van der Waals surface area (Å²) in [5.41, 5.74) is 0.790. The van der Waals surface area contributed by atoms with E-state index in [9.17, 15) is 0 Å². The lowest BCUT2D eigenvalue weighted by atomic mass is 10.3. The smallest absolute Gasteiger partial charge is 0.168 e. The minimum Gasteiger partial charge on any atom is -0.486 e. The Morgan fingerprint density at radius 3 is 2.55 bits per heavy atom. The molecule has 1 N–H and O–H groups in total. The number of hydrogen-bond donors (Lipinski definition) is 1. The van der Waals surface area contributed by atoms with Gasteiger partial charge in [0.15, 0.2) is 5.82 Å². The van der Waals surface area contributed by atoms with E-state index in [0.717, 1.165) is 21.7 Å². The maximum Gasteiger partial charge on any atom is 0.168 e. The molecule has 106 valence electrons. The number of ether oxygens (including phenoxy) is 2. The van der Waals surface area contributed by atoms with Gasteiger partial charge >= 0.3 is 0 Å². The Kier molecular flexibility index (Phi) is 5.31. The van der Waals surface area contributed by atoms with Crippen molar-refractivity contribution in [2.24, 2.45) is 0 Å². The Morgan fingerprint density at radius 2 is 1.90 bits per heavy atom. The van der Waals surface area contributed by atoms with Crippen LogP contribution in [-0.4, -0.2) is 24.1 Å². The Labute approximate surface area is 126 Å². The van der Waals surface area contributed by atoms with E-state index in [0.29, 0.717) is 19.0 Å². The van der Waals surface area contributed by atoms with E-state index >= 15 is 0 Å². The van der Waals surface area contributed by atoms with E-state index in [-0.39, 0.29) is 0 Å². The fraction of sp³-hybridized carbons (Fsp3) is 0.286. The number of nitrogens with one attached hydrogen (secondary N) is 1. The van der Waals surface area contributed by atoms with Gasteiger partial charge in [-0.25, -0.2) is 9.97 Å². The van der Waals surface area contributed by atoms with Gasteiger partial charge in [0.25, 0.3) is 0 Å². The molecule has 0 aliphatic rings. The zero-order valence-corrected chi connectivity index (χ0v) is 13.0. The molecule has 0 unspecified atom stereocenters. The maximum absolute atomic E-state index is 5.66. The summed E-state index contributed by atoms with van der Waals surface area (Å²) in [4.78, 5) is 8.84. The molecule has 0 atom stereocenters. The van der Waals surface area contributed by atoms with E-state index < -0.39 is 0 Å². The zero-order valence-electron chi connectivity index (χ0n) is 11.4. The van der Waals surface area contributed by atoms with Crippen LogP contribution >= 0.6 is 15.9 Å². The van der Waals surface area contributed by atoms with Crippen molar-refractivity contribution in [1.29, 1.82) is 0 Å². The van der Waals surface area contributed by atoms with Crippen LogP contribution in [0.1, 0.15) is 11.5 Å². The monoisotopic (exact) mass is 337 g/mol. The second-order valence-corrected chi connectivity index (χ2v) is 4.83. The highest BCUT2D eigenvalue weighted by molar-refractivity contribution is 9.10. The number of para-hydroxylation sites is 1. The highest BCUT2D eigenvalue weighted by atomic mass is 79.9. The number of hydrogen-bond acceptors (Lipinski definition) is 5. The van der Waals surface area contributed by atoms with Crippen LogP contribution in [0, 0.1) is 0 Å². The molecular weight excluding hydrogens is 322 g/mol. The Bertz CT molecular complexity index is 564. The SMILES string of the molecule is CNc1nc(COc2ccccc2)nc(COC)c1Br. The molecule has 0 fully saturated rings. The minimum absolute atomic E-state index is 0.308. The quantitative estimate of drug-likeness (QED) is 0.878. The predicted molar refractivity (Wildman–Crippen MR) is 80.8 cm³/mol. The van der Waals surface area contributed by atoms with Crippen LogP contribution in [0.15, 0.2) is 34.8 Å². The number of methoxy groups -OCH3 is 1. The summed E-state index contributed by atoms with van der Waals surface area (Å²) >= 11 is 3.46. The van der Waals surface area contributed by atoms with Crippen LogP contribution in [0.4, 0.5) is 5.82 Å². The van der Waals surface area contributed by atoms with E-state index in [1.165, 1.54) is 0 Å². The third-order valence-electron chi connectivity index (χ3n) is 2.60.